The maximum absolute atomic E-state index is 10.8. The van der Waals surface area contributed by atoms with Crippen LogP contribution in [-0.4, -0.2) is 24.5 Å². The first-order chi connectivity index (χ1) is 7.58. The first-order valence-electron chi connectivity index (χ1n) is 4.63. The lowest BCUT2D eigenvalue weighted by atomic mass is 10.0. The number of aliphatic carboxylic acids is 1. The zero-order valence-electron chi connectivity index (χ0n) is 9.06. The Morgan fingerprint density at radius 2 is 2.00 bits per heavy atom. The van der Waals surface area contributed by atoms with Crippen LogP contribution in [0.2, 0.25) is 0 Å². The Morgan fingerprint density at radius 1 is 1.38 bits per heavy atom. The summed E-state index contributed by atoms with van der Waals surface area (Å²) in [5.74, 6) is -0.507. The number of carbonyl (C=O) groups excluding carboxylic acids is 1. The van der Waals surface area contributed by atoms with Crippen molar-refractivity contribution in [2.75, 3.05) is 7.11 Å². The Hall–Kier alpha value is -2.10. The van der Waals surface area contributed by atoms with Crippen LogP contribution in [0.1, 0.15) is 21.5 Å². The van der Waals surface area contributed by atoms with Crippen molar-refractivity contribution in [1.82, 2.24) is 0 Å². The van der Waals surface area contributed by atoms with Crippen LogP contribution >= 0.6 is 0 Å². The van der Waals surface area contributed by atoms with Crippen molar-refractivity contribution in [3.05, 3.63) is 34.9 Å². The fraction of sp³-hybridized carbons (Fsp3) is 0.167. The topological polar surface area (TPSA) is 63.6 Å². The molecule has 1 aromatic rings. The van der Waals surface area contributed by atoms with E-state index in [-0.39, 0.29) is 0 Å². The molecule has 0 aliphatic carbocycles. The van der Waals surface area contributed by atoms with E-state index in [1.807, 2.05) is 0 Å². The van der Waals surface area contributed by atoms with Gasteiger partial charge in [-0.05, 0) is 36.3 Å². The van der Waals surface area contributed by atoms with E-state index in [1.54, 1.807) is 19.1 Å². The molecule has 4 heteroatoms. The first-order valence-corrected chi connectivity index (χ1v) is 4.63. The van der Waals surface area contributed by atoms with E-state index < -0.39 is 5.97 Å². The lowest BCUT2D eigenvalue weighted by Crippen LogP contribution is -1.94. The molecule has 1 N–H and O–H groups in total. The van der Waals surface area contributed by atoms with Gasteiger partial charge in [-0.2, -0.15) is 0 Å². The predicted molar refractivity (Wildman–Crippen MR) is 59.8 cm³/mol. The highest BCUT2D eigenvalue weighted by atomic mass is 16.5. The number of methoxy groups -OCH3 is 1. The van der Waals surface area contributed by atoms with E-state index in [4.69, 9.17) is 9.84 Å². The zero-order valence-corrected chi connectivity index (χ0v) is 9.06. The Kier molecular flexibility index (Phi) is 3.83. The van der Waals surface area contributed by atoms with Gasteiger partial charge in [0.2, 0.25) is 0 Å². The minimum Gasteiger partial charge on any atom is -0.497 e. The Balaban J connectivity index is 3.26. The van der Waals surface area contributed by atoms with Gasteiger partial charge in [-0.1, -0.05) is 0 Å². The van der Waals surface area contributed by atoms with Crippen molar-refractivity contribution in [3.8, 4) is 5.75 Å². The van der Waals surface area contributed by atoms with Crippen molar-refractivity contribution in [3.63, 3.8) is 0 Å². The van der Waals surface area contributed by atoms with Crippen LogP contribution in [0, 0.1) is 6.92 Å². The second kappa shape index (κ2) is 5.11. The number of hydrogen-bond donors (Lipinski definition) is 1. The van der Waals surface area contributed by atoms with Gasteiger partial charge in [0.1, 0.15) is 12.0 Å². The highest BCUT2D eigenvalue weighted by Gasteiger charge is 2.05. The maximum Gasteiger partial charge on any atom is 0.328 e. The van der Waals surface area contributed by atoms with Crippen molar-refractivity contribution < 1.29 is 19.4 Å². The molecule has 0 radical (unpaired) electrons. The van der Waals surface area contributed by atoms with Crippen LogP contribution in [0.5, 0.6) is 5.75 Å². The summed E-state index contributed by atoms with van der Waals surface area (Å²) in [7, 11) is 1.49. The number of rotatable bonds is 4. The molecular formula is C12H12O4. The highest BCUT2D eigenvalue weighted by Crippen LogP contribution is 2.22. The molecule has 1 rings (SSSR count). The molecule has 0 bridgehead atoms. The van der Waals surface area contributed by atoms with Gasteiger partial charge < -0.3 is 9.84 Å². The normalized spacial score (nSPS) is 10.4. The summed E-state index contributed by atoms with van der Waals surface area (Å²) in [5, 5.41) is 8.53. The quantitative estimate of drug-likeness (QED) is 0.622. The van der Waals surface area contributed by atoms with Crippen LogP contribution in [0.25, 0.3) is 6.08 Å². The third-order valence-corrected chi connectivity index (χ3v) is 2.23. The zero-order chi connectivity index (χ0) is 12.1. The molecule has 0 spiro atoms. The summed E-state index contributed by atoms with van der Waals surface area (Å²) in [6.07, 6.45) is 3.18. The summed E-state index contributed by atoms with van der Waals surface area (Å²) in [6, 6.07) is 3.29. The molecule has 0 unspecified atom stereocenters. The summed E-state index contributed by atoms with van der Waals surface area (Å²) in [4.78, 5) is 21.2. The molecule has 0 aromatic heterocycles. The Labute approximate surface area is 93.2 Å². The molecule has 0 aliphatic heterocycles. The lowest BCUT2D eigenvalue weighted by Gasteiger charge is -2.07. The van der Waals surface area contributed by atoms with Crippen LogP contribution in [0.3, 0.4) is 0 Å². The van der Waals surface area contributed by atoms with E-state index in [1.165, 1.54) is 13.2 Å². The van der Waals surface area contributed by atoms with Crippen molar-refractivity contribution in [1.29, 1.82) is 0 Å². The largest absolute Gasteiger partial charge is 0.497 e. The highest BCUT2D eigenvalue weighted by molar-refractivity contribution is 5.87. The molecule has 84 valence electrons. The predicted octanol–water partition coefficient (Wildman–Crippen LogP) is 1.91. The summed E-state index contributed by atoms with van der Waals surface area (Å²) >= 11 is 0. The average Bonchev–Trinajstić information content (AvgIpc) is 2.27. The Bertz CT molecular complexity index is 447. The number of hydrogen-bond acceptors (Lipinski definition) is 3. The van der Waals surface area contributed by atoms with E-state index >= 15 is 0 Å². The molecule has 0 atom stereocenters. The van der Waals surface area contributed by atoms with Crippen molar-refractivity contribution in [2.45, 2.75) is 6.92 Å². The average molecular weight is 220 g/mol. The Morgan fingerprint density at radius 3 is 2.50 bits per heavy atom. The molecule has 0 saturated heterocycles. The number of benzene rings is 1. The third-order valence-electron chi connectivity index (χ3n) is 2.23. The van der Waals surface area contributed by atoms with Crippen molar-refractivity contribution in [2.24, 2.45) is 0 Å². The third kappa shape index (κ3) is 2.70. The second-order valence-electron chi connectivity index (χ2n) is 3.22. The summed E-state index contributed by atoms with van der Waals surface area (Å²) in [6.45, 7) is 1.75. The fourth-order valence-corrected chi connectivity index (χ4v) is 1.31. The van der Waals surface area contributed by atoms with Gasteiger partial charge in [-0.25, -0.2) is 4.79 Å². The smallest absolute Gasteiger partial charge is 0.328 e. The van der Waals surface area contributed by atoms with Gasteiger partial charge in [0.05, 0.1) is 7.11 Å². The fourth-order valence-electron chi connectivity index (χ4n) is 1.31. The van der Waals surface area contributed by atoms with Gasteiger partial charge in [-0.15, -0.1) is 0 Å². The lowest BCUT2D eigenvalue weighted by molar-refractivity contribution is -0.131. The maximum atomic E-state index is 10.8. The number of carbonyl (C=O) groups is 2. The molecule has 0 saturated carbocycles. The molecular weight excluding hydrogens is 208 g/mol. The minimum absolute atomic E-state index is 0.490. The van der Waals surface area contributed by atoms with Gasteiger partial charge in [0, 0.05) is 11.6 Å². The van der Waals surface area contributed by atoms with Crippen LogP contribution in [0.4, 0.5) is 0 Å². The molecule has 0 aliphatic rings. The summed E-state index contributed by atoms with van der Waals surface area (Å²) < 4.78 is 5.02. The standard InChI is InChI=1S/C12H12O4/c1-8-9(3-4-12(14)15)5-11(16-2)6-10(8)7-13/h3-7H,1-2H3,(H,14,15)/b4-3+. The van der Waals surface area contributed by atoms with Crippen LogP contribution in [-0.2, 0) is 4.79 Å². The van der Waals surface area contributed by atoms with Gasteiger partial charge >= 0.3 is 5.97 Å². The second-order valence-corrected chi connectivity index (χ2v) is 3.22. The monoisotopic (exact) mass is 220 g/mol. The number of carboxylic acid groups (broad SMARTS) is 1. The van der Waals surface area contributed by atoms with Gasteiger partial charge in [0.25, 0.3) is 0 Å². The molecule has 4 nitrogen and oxygen atoms in total. The number of aldehydes is 1. The van der Waals surface area contributed by atoms with Crippen LogP contribution in [0.15, 0.2) is 18.2 Å². The first kappa shape index (κ1) is 12.0. The molecule has 1 aromatic carbocycles. The van der Waals surface area contributed by atoms with E-state index in [0.29, 0.717) is 16.9 Å². The van der Waals surface area contributed by atoms with E-state index in [9.17, 15) is 9.59 Å². The van der Waals surface area contributed by atoms with E-state index in [2.05, 4.69) is 0 Å². The summed E-state index contributed by atoms with van der Waals surface area (Å²) in [5.41, 5.74) is 1.88. The molecule has 0 amide bonds. The molecule has 0 fully saturated rings. The number of carboxylic acids is 1. The van der Waals surface area contributed by atoms with Crippen molar-refractivity contribution >= 4 is 18.3 Å². The van der Waals surface area contributed by atoms with E-state index in [0.717, 1.165) is 17.9 Å². The van der Waals surface area contributed by atoms with Gasteiger partial charge in [0.15, 0.2) is 0 Å². The molecule has 0 heterocycles. The van der Waals surface area contributed by atoms with Gasteiger partial charge in [-0.3, -0.25) is 4.79 Å². The van der Waals surface area contributed by atoms with Crippen LogP contribution < -0.4 is 4.74 Å². The molecule has 16 heavy (non-hydrogen) atoms. The number of ether oxygens (including phenoxy) is 1. The SMILES string of the molecule is COc1cc(C=O)c(C)c(/C=C/C(=O)O)c1. The minimum atomic E-state index is -1.03.